The summed E-state index contributed by atoms with van der Waals surface area (Å²) in [4.78, 5) is 12.2. The number of nitrogens with one attached hydrogen (secondary N) is 1. The molecule has 0 aliphatic carbocycles. The van der Waals surface area contributed by atoms with Crippen LogP contribution in [0.25, 0.3) is 5.65 Å². The summed E-state index contributed by atoms with van der Waals surface area (Å²) in [5.41, 5.74) is 1.83. The summed E-state index contributed by atoms with van der Waals surface area (Å²) in [5, 5.41) is 17.7. The molecule has 162 valence electrons. The van der Waals surface area contributed by atoms with E-state index in [-0.39, 0.29) is 12.6 Å². The smallest absolute Gasteiger partial charge is 0.227 e. The molecular weight excluding hydrogens is 448 g/mol. The zero-order valence-electron chi connectivity index (χ0n) is 17.8. The molecule has 1 saturated heterocycles. The van der Waals surface area contributed by atoms with Crippen LogP contribution in [-0.2, 0) is 6.54 Å². The fourth-order valence-electron chi connectivity index (χ4n) is 3.60. The van der Waals surface area contributed by atoms with E-state index in [9.17, 15) is 5.11 Å². The summed E-state index contributed by atoms with van der Waals surface area (Å²) in [5.74, 6) is 1.70. The number of anilines is 2. The molecule has 0 aromatic carbocycles. The Kier molecular flexibility index (Phi) is 7.87. The molecule has 9 heteroatoms. The van der Waals surface area contributed by atoms with E-state index in [1.165, 1.54) is 0 Å². The Hall–Kier alpha value is -2.39. The van der Waals surface area contributed by atoms with Gasteiger partial charge in [0.25, 0.3) is 0 Å². The van der Waals surface area contributed by atoms with Crippen LogP contribution in [0.1, 0.15) is 38.7 Å². The molecule has 0 amide bonds. The number of halogens is 1. The van der Waals surface area contributed by atoms with Crippen LogP contribution < -0.4 is 19.8 Å². The van der Waals surface area contributed by atoms with Crippen molar-refractivity contribution in [1.29, 1.82) is 0 Å². The van der Waals surface area contributed by atoms with Gasteiger partial charge in [0.2, 0.25) is 12.4 Å². The van der Waals surface area contributed by atoms with Crippen LogP contribution in [0.4, 0.5) is 11.6 Å². The van der Waals surface area contributed by atoms with E-state index in [1.807, 2.05) is 44.4 Å². The normalized spacial score (nSPS) is 16.2. The Labute approximate surface area is 185 Å². The average Bonchev–Trinajstić information content (AvgIpc) is 3.19. The quantitative estimate of drug-likeness (QED) is 0.531. The third-order valence-electron chi connectivity index (χ3n) is 5.07. The van der Waals surface area contributed by atoms with Crippen LogP contribution in [0.2, 0.25) is 0 Å². The van der Waals surface area contributed by atoms with Gasteiger partial charge in [0.1, 0.15) is 18.7 Å². The highest BCUT2D eigenvalue weighted by Crippen LogP contribution is 2.28. The molecule has 1 aliphatic rings. The Morgan fingerprint density at radius 1 is 1.37 bits per heavy atom. The first-order valence-corrected chi connectivity index (χ1v) is 11.2. The SMILES string of the molecule is CC.CO[n+]1cccc(CNc2cc(N3CCCCC3CO)nc3c(Br)cnn23)c1. The lowest BCUT2D eigenvalue weighted by Gasteiger charge is -2.35. The van der Waals surface area contributed by atoms with E-state index >= 15 is 0 Å². The van der Waals surface area contributed by atoms with Gasteiger partial charge < -0.3 is 15.3 Å². The van der Waals surface area contributed by atoms with Crippen molar-refractivity contribution in [3.63, 3.8) is 0 Å². The first-order valence-electron chi connectivity index (χ1n) is 10.4. The highest BCUT2D eigenvalue weighted by molar-refractivity contribution is 9.10. The minimum atomic E-state index is 0.105. The standard InChI is InChI=1S/C19H24BrN6O2.C2H6/c1-28-24-7-4-5-14(12-24)10-21-17-9-18(23-19-16(20)11-22-26(17)19)25-8-3-2-6-15(25)13-27;1-2/h4-5,7,9,11-12,15,21,27H,2-3,6,8,10,13H2,1H3;1-2H3/q+1;. The van der Waals surface area contributed by atoms with Crippen molar-refractivity contribution < 1.29 is 14.7 Å². The fraction of sp³-hybridized carbons (Fsp3) is 0.476. The van der Waals surface area contributed by atoms with E-state index in [0.717, 1.165) is 53.1 Å². The van der Waals surface area contributed by atoms with Gasteiger partial charge >= 0.3 is 0 Å². The predicted molar refractivity (Wildman–Crippen MR) is 121 cm³/mol. The number of hydrogen-bond donors (Lipinski definition) is 2. The molecule has 3 aromatic heterocycles. The maximum atomic E-state index is 9.80. The number of fused-ring (bicyclic) bond motifs is 1. The maximum Gasteiger partial charge on any atom is 0.227 e. The van der Waals surface area contributed by atoms with Crippen molar-refractivity contribution in [3.8, 4) is 0 Å². The predicted octanol–water partition coefficient (Wildman–Crippen LogP) is 2.83. The Bertz CT molecular complexity index is 964. The Morgan fingerprint density at radius 2 is 2.20 bits per heavy atom. The molecule has 1 fully saturated rings. The number of nitrogens with zero attached hydrogens (tertiary/aromatic N) is 5. The summed E-state index contributed by atoms with van der Waals surface area (Å²) in [6.07, 6.45) is 8.75. The van der Waals surface area contributed by atoms with E-state index in [4.69, 9.17) is 9.82 Å². The largest absolute Gasteiger partial charge is 0.394 e. The number of aliphatic hydroxyl groups excluding tert-OH is 1. The number of aliphatic hydroxyl groups is 1. The molecule has 0 saturated carbocycles. The summed E-state index contributed by atoms with van der Waals surface area (Å²) >= 11 is 3.54. The molecule has 0 radical (unpaired) electrons. The number of rotatable bonds is 6. The fourth-order valence-corrected chi connectivity index (χ4v) is 3.95. The number of aromatic nitrogens is 4. The van der Waals surface area contributed by atoms with Crippen molar-refractivity contribution >= 4 is 33.2 Å². The van der Waals surface area contributed by atoms with Gasteiger partial charge in [-0.3, -0.25) is 4.84 Å². The van der Waals surface area contributed by atoms with Gasteiger partial charge in [0.15, 0.2) is 5.65 Å². The van der Waals surface area contributed by atoms with Gasteiger partial charge in [-0.1, -0.05) is 13.8 Å². The van der Waals surface area contributed by atoms with Gasteiger partial charge in [-0.2, -0.15) is 9.61 Å². The molecule has 30 heavy (non-hydrogen) atoms. The molecule has 1 unspecified atom stereocenters. The summed E-state index contributed by atoms with van der Waals surface area (Å²) in [7, 11) is 1.63. The second-order valence-electron chi connectivity index (χ2n) is 6.86. The minimum Gasteiger partial charge on any atom is -0.394 e. The maximum absolute atomic E-state index is 9.80. The van der Waals surface area contributed by atoms with Crippen LogP contribution in [0.15, 0.2) is 41.3 Å². The minimum absolute atomic E-state index is 0.105. The number of hydrogen-bond acceptors (Lipinski definition) is 6. The van der Waals surface area contributed by atoms with Crippen molar-refractivity contribution in [2.75, 3.05) is 30.5 Å². The Morgan fingerprint density at radius 3 is 2.97 bits per heavy atom. The molecule has 4 heterocycles. The molecule has 2 N–H and O–H groups in total. The number of piperidine rings is 1. The van der Waals surface area contributed by atoms with Gasteiger partial charge in [-0.25, -0.2) is 4.98 Å². The molecular formula is C21H30BrN6O2+. The number of pyridine rings is 1. The molecule has 0 bridgehead atoms. The topological polar surface area (TPSA) is 78.8 Å². The van der Waals surface area contributed by atoms with Gasteiger partial charge in [0, 0.05) is 35.5 Å². The lowest BCUT2D eigenvalue weighted by atomic mass is 10.0. The molecule has 1 aliphatic heterocycles. The first kappa shape index (κ1) is 22.3. The van der Waals surface area contributed by atoms with Crippen molar-refractivity contribution in [3.05, 3.63) is 46.8 Å². The van der Waals surface area contributed by atoms with Crippen LogP contribution in [0.3, 0.4) is 0 Å². The van der Waals surface area contributed by atoms with E-state index < -0.39 is 0 Å². The van der Waals surface area contributed by atoms with Crippen LogP contribution >= 0.6 is 15.9 Å². The first-order chi connectivity index (χ1) is 14.7. The summed E-state index contributed by atoms with van der Waals surface area (Å²) < 4.78 is 4.29. The highest BCUT2D eigenvalue weighted by atomic mass is 79.9. The zero-order valence-corrected chi connectivity index (χ0v) is 19.3. The van der Waals surface area contributed by atoms with Crippen molar-refractivity contribution in [1.82, 2.24) is 14.6 Å². The van der Waals surface area contributed by atoms with E-state index in [1.54, 1.807) is 22.6 Å². The van der Waals surface area contributed by atoms with Crippen LogP contribution in [-0.4, -0.2) is 46.0 Å². The third kappa shape index (κ3) is 4.84. The van der Waals surface area contributed by atoms with Gasteiger partial charge in [0.05, 0.1) is 23.3 Å². The average molecular weight is 478 g/mol. The lowest BCUT2D eigenvalue weighted by Crippen LogP contribution is -2.42. The summed E-state index contributed by atoms with van der Waals surface area (Å²) in [6.45, 7) is 5.65. The van der Waals surface area contributed by atoms with Gasteiger partial charge in [-0.15, -0.1) is 0 Å². The van der Waals surface area contributed by atoms with Crippen molar-refractivity contribution in [2.24, 2.45) is 0 Å². The monoisotopic (exact) mass is 477 g/mol. The molecule has 8 nitrogen and oxygen atoms in total. The van der Waals surface area contributed by atoms with E-state index in [0.29, 0.717) is 6.54 Å². The van der Waals surface area contributed by atoms with E-state index in [2.05, 4.69) is 31.2 Å². The van der Waals surface area contributed by atoms with Crippen LogP contribution in [0.5, 0.6) is 0 Å². The molecule has 4 rings (SSSR count). The second kappa shape index (κ2) is 10.6. The summed E-state index contributed by atoms with van der Waals surface area (Å²) in [6, 6.07) is 6.09. The van der Waals surface area contributed by atoms with Crippen LogP contribution in [0, 0.1) is 0 Å². The molecule has 3 aromatic rings. The Balaban J connectivity index is 0.00000124. The molecule has 0 spiro atoms. The zero-order chi connectivity index (χ0) is 21.5. The lowest BCUT2D eigenvalue weighted by molar-refractivity contribution is -0.885. The van der Waals surface area contributed by atoms with Crippen molar-refractivity contribution in [2.45, 2.75) is 45.7 Å². The van der Waals surface area contributed by atoms with Gasteiger partial charge in [-0.05, 0) is 41.3 Å². The molecule has 1 atom stereocenters. The third-order valence-corrected chi connectivity index (χ3v) is 5.63. The second-order valence-corrected chi connectivity index (χ2v) is 7.72. The highest BCUT2D eigenvalue weighted by Gasteiger charge is 2.24.